The van der Waals surface area contributed by atoms with E-state index in [9.17, 15) is 4.79 Å². The Hall–Kier alpha value is -3.30. The van der Waals surface area contributed by atoms with E-state index in [-0.39, 0.29) is 5.91 Å². The number of rotatable bonds is 13. The van der Waals surface area contributed by atoms with Crippen molar-refractivity contribution in [2.75, 3.05) is 35.0 Å². The molecule has 0 radical (unpaired) electrons. The quantitative estimate of drug-likeness (QED) is 0.366. The number of amides is 1. The SMILES string of the molecule is COc1ccc(CN(CCc2ccc(OC)c(OC)c2)Cc2nc(C(=O)NC3CC3)cs2)c(OC)c1. The minimum Gasteiger partial charge on any atom is -0.497 e. The smallest absolute Gasteiger partial charge is 0.270 e. The first-order valence-corrected chi connectivity index (χ1v) is 12.8. The summed E-state index contributed by atoms with van der Waals surface area (Å²) in [6, 6.07) is 12.2. The van der Waals surface area contributed by atoms with Gasteiger partial charge in [-0.1, -0.05) is 12.1 Å². The van der Waals surface area contributed by atoms with Gasteiger partial charge in [-0.3, -0.25) is 9.69 Å². The van der Waals surface area contributed by atoms with Crippen molar-refractivity contribution >= 4 is 17.2 Å². The predicted octanol–water partition coefficient (Wildman–Crippen LogP) is 4.31. The van der Waals surface area contributed by atoms with Crippen molar-refractivity contribution in [3.63, 3.8) is 0 Å². The summed E-state index contributed by atoms with van der Waals surface area (Å²) >= 11 is 1.51. The van der Waals surface area contributed by atoms with Gasteiger partial charge in [-0.15, -0.1) is 11.3 Å². The number of hydrogen-bond donors (Lipinski definition) is 1. The Labute approximate surface area is 216 Å². The molecule has 1 heterocycles. The van der Waals surface area contributed by atoms with E-state index in [0.29, 0.717) is 36.3 Å². The Morgan fingerprint density at radius 2 is 1.75 bits per heavy atom. The predicted molar refractivity (Wildman–Crippen MR) is 140 cm³/mol. The van der Waals surface area contributed by atoms with E-state index >= 15 is 0 Å². The Bertz CT molecular complexity index is 1180. The first-order valence-electron chi connectivity index (χ1n) is 11.9. The molecule has 8 nitrogen and oxygen atoms in total. The minimum atomic E-state index is -0.0892. The minimum absolute atomic E-state index is 0.0892. The van der Waals surface area contributed by atoms with E-state index < -0.39 is 0 Å². The molecule has 0 unspecified atom stereocenters. The van der Waals surface area contributed by atoms with Crippen molar-refractivity contribution in [3.8, 4) is 23.0 Å². The topological polar surface area (TPSA) is 82.2 Å². The lowest BCUT2D eigenvalue weighted by Crippen LogP contribution is -2.27. The number of thiazole rings is 1. The largest absolute Gasteiger partial charge is 0.497 e. The number of benzene rings is 2. The molecule has 9 heteroatoms. The Kier molecular flexibility index (Phi) is 8.66. The normalized spacial score (nSPS) is 12.9. The van der Waals surface area contributed by atoms with Crippen LogP contribution in [0.25, 0.3) is 0 Å². The lowest BCUT2D eigenvalue weighted by Gasteiger charge is -2.23. The molecule has 4 rings (SSSR count). The summed E-state index contributed by atoms with van der Waals surface area (Å²) in [4.78, 5) is 19.4. The number of hydrogen-bond acceptors (Lipinski definition) is 8. The van der Waals surface area contributed by atoms with Crippen molar-refractivity contribution in [1.29, 1.82) is 0 Å². The van der Waals surface area contributed by atoms with E-state index in [1.807, 2.05) is 35.7 Å². The highest BCUT2D eigenvalue weighted by atomic mass is 32.1. The van der Waals surface area contributed by atoms with Crippen LogP contribution in [0, 0.1) is 0 Å². The fraction of sp³-hybridized carbons (Fsp3) is 0.407. The van der Waals surface area contributed by atoms with Crippen LogP contribution in [0.5, 0.6) is 23.0 Å². The molecule has 1 saturated carbocycles. The van der Waals surface area contributed by atoms with Crippen LogP contribution in [0.15, 0.2) is 41.8 Å². The number of carbonyl (C=O) groups is 1. The maximum atomic E-state index is 12.4. The highest BCUT2D eigenvalue weighted by Crippen LogP contribution is 2.29. The molecular weight excluding hydrogens is 478 g/mol. The van der Waals surface area contributed by atoms with Gasteiger partial charge in [-0.25, -0.2) is 4.98 Å². The van der Waals surface area contributed by atoms with Gasteiger partial charge in [-0.05, 0) is 43.0 Å². The second-order valence-corrected chi connectivity index (χ2v) is 9.64. The van der Waals surface area contributed by atoms with Crippen LogP contribution in [-0.2, 0) is 19.5 Å². The summed E-state index contributed by atoms with van der Waals surface area (Å²) in [6.07, 6.45) is 2.91. The molecule has 1 aliphatic rings. The lowest BCUT2D eigenvalue weighted by molar-refractivity contribution is 0.0946. The number of methoxy groups -OCH3 is 4. The van der Waals surface area contributed by atoms with Gasteiger partial charge in [0.15, 0.2) is 11.5 Å². The van der Waals surface area contributed by atoms with E-state index in [0.717, 1.165) is 53.4 Å². The molecule has 192 valence electrons. The Morgan fingerprint density at radius 1 is 0.972 bits per heavy atom. The number of nitrogens with one attached hydrogen (secondary N) is 1. The molecule has 36 heavy (non-hydrogen) atoms. The molecule has 0 spiro atoms. The average Bonchev–Trinajstić information content (AvgIpc) is 3.60. The maximum absolute atomic E-state index is 12.4. The first kappa shape index (κ1) is 25.8. The molecule has 0 atom stereocenters. The number of carbonyl (C=O) groups excluding carboxylic acids is 1. The van der Waals surface area contributed by atoms with E-state index in [2.05, 4.69) is 21.3 Å². The van der Waals surface area contributed by atoms with Crippen LogP contribution < -0.4 is 24.3 Å². The second kappa shape index (κ2) is 12.1. The molecule has 1 aromatic heterocycles. The van der Waals surface area contributed by atoms with Gasteiger partial charge >= 0.3 is 0 Å². The molecule has 1 N–H and O–H groups in total. The van der Waals surface area contributed by atoms with Crippen LogP contribution in [-0.4, -0.2) is 56.8 Å². The number of aromatic nitrogens is 1. The number of ether oxygens (including phenoxy) is 4. The standard InChI is InChI=1S/C27H33N3O5S/c1-32-21-9-6-19(24(14-21)34-3)15-30(12-11-18-5-10-23(33-2)25(13-18)35-4)16-26-29-22(17-36-26)27(31)28-20-7-8-20/h5-6,9-10,13-14,17,20H,7-8,11-12,15-16H2,1-4H3,(H,28,31). The average molecular weight is 512 g/mol. The second-order valence-electron chi connectivity index (χ2n) is 8.70. The molecule has 0 saturated heterocycles. The highest BCUT2D eigenvalue weighted by Gasteiger charge is 2.25. The van der Waals surface area contributed by atoms with Gasteiger partial charge in [-0.2, -0.15) is 0 Å². The summed E-state index contributed by atoms with van der Waals surface area (Å²) in [5, 5.41) is 5.75. The maximum Gasteiger partial charge on any atom is 0.270 e. The van der Waals surface area contributed by atoms with Crippen molar-refractivity contribution < 1.29 is 23.7 Å². The highest BCUT2D eigenvalue weighted by molar-refractivity contribution is 7.09. The summed E-state index contributed by atoms with van der Waals surface area (Å²) in [6.45, 7) is 2.04. The Balaban J connectivity index is 1.51. The molecule has 0 aliphatic heterocycles. The zero-order valence-electron chi connectivity index (χ0n) is 21.2. The molecule has 2 aromatic carbocycles. The molecule has 3 aromatic rings. The third kappa shape index (κ3) is 6.67. The first-order chi connectivity index (χ1) is 17.5. The van der Waals surface area contributed by atoms with E-state index in [1.54, 1.807) is 28.4 Å². The van der Waals surface area contributed by atoms with Crippen LogP contribution in [0.2, 0.25) is 0 Å². The molecule has 1 amide bonds. The van der Waals surface area contributed by atoms with Gasteiger partial charge in [0.2, 0.25) is 0 Å². The van der Waals surface area contributed by atoms with E-state index in [4.69, 9.17) is 18.9 Å². The third-order valence-electron chi connectivity index (χ3n) is 6.11. The van der Waals surface area contributed by atoms with E-state index in [1.165, 1.54) is 11.3 Å². The van der Waals surface area contributed by atoms with Gasteiger partial charge in [0, 0.05) is 36.1 Å². The molecular formula is C27H33N3O5S. The van der Waals surface area contributed by atoms with Gasteiger partial charge in [0.25, 0.3) is 5.91 Å². The Morgan fingerprint density at radius 3 is 2.44 bits per heavy atom. The monoisotopic (exact) mass is 511 g/mol. The van der Waals surface area contributed by atoms with Crippen LogP contribution in [0.1, 0.15) is 39.5 Å². The number of nitrogens with zero attached hydrogens (tertiary/aromatic N) is 2. The molecule has 1 aliphatic carbocycles. The van der Waals surface area contributed by atoms with Crippen molar-refractivity contribution in [1.82, 2.24) is 15.2 Å². The third-order valence-corrected chi connectivity index (χ3v) is 6.94. The lowest BCUT2D eigenvalue weighted by atomic mass is 10.1. The van der Waals surface area contributed by atoms with Gasteiger partial charge < -0.3 is 24.3 Å². The van der Waals surface area contributed by atoms with Crippen molar-refractivity contribution in [2.45, 2.75) is 38.4 Å². The van der Waals surface area contributed by atoms with Crippen molar-refractivity contribution in [3.05, 3.63) is 63.6 Å². The molecule has 1 fully saturated rings. The van der Waals surface area contributed by atoms with Crippen LogP contribution in [0.4, 0.5) is 0 Å². The fourth-order valence-corrected chi connectivity index (χ4v) is 4.74. The summed E-state index contributed by atoms with van der Waals surface area (Å²) in [5.41, 5.74) is 2.68. The fourth-order valence-electron chi connectivity index (χ4n) is 3.93. The van der Waals surface area contributed by atoms with Crippen LogP contribution in [0.3, 0.4) is 0 Å². The van der Waals surface area contributed by atoms with Crippen molar-refractivity contribution in [2.24, 2.45) is 0 Å². The summed E-state index contributed by atoms with van der Waals surface area (Å²) in [5.74, 6) is 2.85. The zero-order chi connectivity index (χ0) is 25.5. The molecule has 0 bridgehead atoms. The van der Waals surface area contributed by atoms with Gasteiger partial charge in [0.1, 0.15) is 22.2 Å². The summed E-state index contributed by atoms with van der Waals surface area (Å²) in [7, 11) is 6.58. The van der Waals surface area contributed by atoms with Crippen LogP contribution >= 0.6 is 11.3 Å². The van der Waals surface area contributed by atoms with Gasteiger partial charge in [0.05, 0.1) is 35.0 Å². The zero-order valence-corrected chi connectivity index (χ0v) is 22.0. The summed E-state index contributed by atoms with van der Waals surface area (Å²) < 4.78 is 21.8.